The van der Waals surface area contributed by atoms with Crippen molar-refractivity contribution < 1.29 is 0 Å². The molecule has 0 unspecified atom stereocenters. The highest BCUT2D eigenvalue weighted by Crippen LogP contribution is 2.20. The second kappa shape index (κ2) is 5.21. The first-order valence-corrected chi connectivity index (χ1v) is 6.41. The minimum Gasteiger partial charge on any atom is -0.335 e. The number of hydrogen-bond donors (Lipinski definition) is 1. The van der Waals surface area contributed by atoms with Gasteiger partial charge in [0, 0.05) is 11.4 Å². The van der Waals surface area contributed by atoms with Crippen molar-refractivity contribution in [1.82, 2.24) is 0 Å². The quantitative estimate of drug-likeness (QED) is 0.846. The normalized spacial score (nSPS) is 15.1. The first-order valence-electron chi connectivity index (χ1n) is 5.42. The number of benzene rings is 1. The molecule has 2 nitrogen and oxygen atoms in total. The van der Waals surface area contributed by atoms with Crippen LogP contribution in [0.3, 0.4) is 0 Å². The Labute approximate surface area is 95.2 Å². The van der Waals surface area contributed by atoms with Gasteiger partial charge in [0.2, 0.25) is 0 Å². The highest BCUT2D eigenvalue weighted by atomic mass is 32.2. The summed E-state index contributed by atoms with van der Waals surface area (Å²) in [6.07, 6.45) is 2.30. The number of aliphatic imine (C=N–C) groups is 1. The fraction of sp³-hybridized carbons (Fsp3) is 0.417. The highest BCUT2D eigenvalue weighted by molar-refractivity contribution is 8.14. The largest absolute Gasteiger partial charge is 0.335 e. The molecule has 3 heteroatoms. The van der Waals surface area contributed by atoms with E-state index in [1.54, 1.807) is 11.8 Å². The molecule has 1 aromatic carbocycles. The lowest BCUT2D eigenvalue weighted by Crippen LogP contribution is -2.07. The van der Waals surface area contributed by atoms with Crippen molar-refractivity contribution >= 4 is 22.6 Å². The van der Waals surface area contributed by atoms with Crippen LogP contribution in [0.4, 0.5) is 5.69 Å². The van der Waals surface area contributed by atoms with Gasteiger partial charge in [-0.15, -0.1) is 0 Å². The number of aryl methyl sites for hydroxylation is 1. The number of para-hydroxylation sites is 1. The molecule has 1 N–H and O–H groups in total. The lowest BCUT2D eigenvalue weighted by atomic mass is 10.1. The molecule has 0 amide bonds. The monoisotopic (exact) mass is 220 g/mol. The predicted molar refractivity (Wildman–Crippen MR) is 68.8 cm³/mol. The topological polar surface area (TPSA) is 24.4 Å². The van der Waals surface area contributed by atoms with Gasteiger partial charge < -0.3 is 5.32 Å². The fourth-order valence-electron chi connectivity index (χ4n) is 1.66. The Morgan fingerprint density at radius 3 is 3.00 bits per heavy atom. The Hall–Kier alpha value is -0.960. The summed E-state index contributed by atoms with van der Waals surface area (Å²) in [6, 6.07) is 8.49. The van der Waals surface area contributed by atoms with Gasteiger partial charge in [-0.05, 0) is 18.1 Å². The van der Waals surface area contributed by atoms with E-state index in [1.807, 2.05) is 0 Å². The van der Waals surface area contributed by atoms with Crippen molar-refractivity contribution in [2.75, 3.05) is 17.6 Å². The van der Waals surface area contributed by atoms with E-state index < -0.39 is 0 Å². The molecule has 80 valence electrons. The van der Waals surface area contributed by atoms with Crippen molar-refractivity contribution in [3.8, 4) is 0 Å². The maximum Gasteiger partial charge on any atom is 0.161 e. The van der Waals surface area contributed by atoms with Crippen molar-refractivity contribution in [2.24, 2.45) is 4.99 Å². The first-order chi connectivity index (χ1) is 7.40. The number of hydrogen-bond acceptors (Lipinski definition) is 3. The minimum atomic E-state index is 0.947. The Kier molecular flexibility index (Phi) is 3.67. The molecule has 2 rings (SSSR count). The predicted octanol–water partition coefficient (Wildman–Crippen LogP) is 3.15. The molecule has 0 saturated heterocycles. The summed E-state index contributed by atoms with van der Waals surface area (Å²) in [5.74, 6) is 1.11. The third-order valence-corrected chi connectivity index (χ3v) is 3.26. The van der Waals surface area contributed by atoms with E-state index >= 15 is 0 Å². The Bertz CT molecular complexity index is 360. The standard InChI is InChI=1S/C12H16N2S/c1-2-5-10-6-3-4-7-11(10)14-12-13-8-9-15-12/h3-4,6-7H,2,5,8-9H2,1H3,(H,13,14). The minimum absolute atomic E-state index is 0.947. The third kappa shape index (κ3) is 2.75. The summed E-state index contributed by atoms with van der Waals surface area (Å²) >= 11 is 1.80. The summed E-state index contributed by atoms with van der Waals surface area (Å²) in [7, 11) is 0. The van der Waals surface area contributed by atoms with Crippen LogP contribution in [0.2, 0.25) is 0 Å². The zero-order valence-electron chi connectivity index (χ0n) is 8.99. The van der Waals surface area contributed by atoms with E-state index in [1.165, 1.54) is 17.7 Å². The summed E-state index contributed by atoms with van der Waals surface area (Å²) in [6.45, 7) is 3.15. The van der Waals surface area contributed by atoms with E-state index in [0.29, 0.717) is 0 Å². The highest BCUT2D eigenvalue weighted by Gasteiger charge is 2.08. The van der Waals surface area contributed by atoms with Crippen LogP contribution in [0.25, 0.3) is 0 Å². The van der Waals surface area contributed by atoms with Crippen molar-refractivity contribution in [3.63, 3.8) is 0 Å². The van der Waals surface area contributed by atoms with Gasteiger partial charge in [0.15, 0.2) is 5.17 Å². The Morgan fingerprint density at radius 2 is 2.27 bits per heavy atom. The summed E-state index contributed by atoms with van der Waals surface area (Å²) < 4.78 is 0. The van der Waals surface area contributed by atoms with Crippen LogP contribution in [0.15, 0.2) is 29.3 Å². The molecule has 1 aromatic rings. The smallest absolute Gasteiger partial charge is 0.161 e. The van der Waals surface area contributed by atoms with Crippen molar-refractivity contribution in [1.29, 1.82) is 0 Å². The van der Waals surface area contributed by atoms with Gasteiger partial charge in [0.1, 0.15) is 0 Å². The Balaban J connectivity index is 2.12. The van der Waals surface area contributed by atoms with Crippen LogP contribution in [-0.2, 0) is 6.42 Å². The van der Waals surface area contributed by atoms with Crippen LogP contribution >= 0.6 is 11.8 Å². The second-order valence-electron chi connectivity index (χ2n) is 3.57. The van der Waals surface area contributed by atoms with Crippen LogP contribution in [0.1, 0.15) is 18.9 Å². The maximum atomic E-state index is 4.40. The lowest BCUT2D eigenvalue weighted by Gasteiger charge is -2.10. The molecule has 0 atom stereocenters. The van der Waals surface area contributed by atoms with E-state index in [2.05, 4.69) is 41.5 Å². The average Bonchev–Trinajstić information content (AvgIpc) is 2.74. The molecule has 0 aromatic heterocycles. The molecule has 1 heterocycles. The van der Waals surface area contributed by atoms with Gasteiger partial charge in [0.05, 0.1) is 6.54 Å². The Morgan fingerprint density at radius 1 is 1.40 bits per heavy atom. The average molecular weight is 220 g/mol. The zero-order chi connectivity index (χ0) is 10.5. The molecule has 0 aliphatic carbocycles. The molecular formula is C12H16N2S. The molecule has 0 fully saturated rings. The summed E-state index contributed by atoms with van der Waals surface area (Å²) in [5.41, 5.74) is 2.60. The van der Waals surface area contributed by atoms with Gasteiger partial charge in [-0.3, -0.25) is 4.99 Å². The molecule has 0 saturated carbocycles. The van der Waals surface area contributed by atoms with Gasteiger partial charge in [-0.2, -0.15) is 0 Å². The molecule has 1 aliphatic rings. The van der Waals surface area contributed by atoms with Gasteiger partial charge in [0.25, 0.3) is 0 Å². The number of thioether (sulfide) groups is 1. The molecular weight excluding hydrogens is 204 g/mol. The van der Waals surface area contributed by atoms with E-state index in [9.17, 15) is 0 Å². The number of rotatable bonds is 3. The van der Waals surface area contributed by atoms with E-state index in [0.717, 1.165) is 23.9 Å². The SMILES string of the molecule is CCCc1ccccc1NC1=NCCS1. The zero-order valence-corrected chi connectivity index (χ0v) is 9.81. The number of anilines is 1. The van der Waals surface area contributed by atoms with Gasteiger partial charge >= 0.3 is 0 Å². The summed E-state index contributed by atoms with van der Waals surface area (Å²) in [5, 5.41) is 4.48. The number of nitrogens with zero attached hydrogens (tertiary/aromatic N) is 1. The molecule has 15 heavy (non-hydrogen) atoms. The van der Waals surface area contributed by atoms with Crippen molar-refractivity contribution in [3.05, 3.63) is 29.8 Å². The van der Waals surface area contributed by atoms with Gasteiger partial charge in [-0.25, -0.2) is 0 Å². The van der Waals surface area contributed by atoms with Crippen LogP contribution < -0.4 is 5.32 Å². The van der Waals surface area contributed by atoms with Crippen LogP contribution in [0.5, 0.6) is 0 Å². The van der Waals surface area contributed by atoms with Gasteiger partial charge in [-0.1, -0.05) is 43.3 Å². The summed E-state index contributed by atoms with van der Waals surface area (Å²) in [4.78, 5) is 4.40. The number of amidine groups is 1. The first kappa shape index (κ1) is 10.6. The third-order valence-electron chi connectivity index (χ3n) is 2.36. The fourth-order valence-corrected chi connectivity index (χ4v) is 2.40. The number of nitrogens with one attached hydrogen (secondary N) is 1. The molecule has 0 bridgehead atoms. The molecule has 0 radical (unpaired) electrons. The van der Waals surface area contributed by atoms with E-state index in [4.69, 9.17) is 0 Å². The van der Waals surface area contributed by atoms with E-state index in [-0.39, 0.29) is 0 Å². The molecule has 0 spiro atoms. The van der Waals surface area contributed by atoms with Crippen LogP contribution in [0, 0.1) is 0 Å². The maximum absolute atomic E-state index is 4.40. The second-order valence-corrected chi connectivity index (χ2v) is 4.65. The van der Waals surface area contributed by atoms with Crippen LogP contribution in [-0.4, -0.2) is 17.5 Å². The molecule has 1 aliphatic heterocycles. The lowest BCUT2D eigenvalue weighted by molar-refractivity contribution is 0.924. The van der Waals surface area contributed by atoms with Crippen molar-refractivity contribution in [2.45, 2.75) is 19.8 Å².